The minimum absolute atomic E-state index is 0.0551. The molecule has 2 unspecified atom stereocenters. The molecule has 7 heteroatoms. The van der Waals surface area contributed by atoms with Crippen LogP contribution in [-0.2, 0) is 11.2 Å². The van der Waals surface area contributed by atoms with Crippen LogP contribution in [-0.4, -0.2) is 36.9 Å². The number of nitrogens with two attached hydrogens (primary N) is 1. The number of amides is 1. The number of nitrogens with one attached hydrogen (secondary N) is 4. The second kappa shape index (κ2) is 8.93. The number of carbonyl (C=O) groups excluding carboxylic acids is 1. The Labute approximate surface area is 184 Å². The molecule has 166 valence electrons. The fourth-order valence-corrected chi connectivity index (χ4v) is 5.49. The van der Waals surface area contributed by atoms with Crippen molar-refractivity contribution in [2.75, 3.05) is 19.8 Å². The average Bonchev–Trinajstić information content (AvgIpc) is 3.28. The number of rotatable bonds is 5. The van der Waals surface area contributed by atoms with Gasteiger partial charge in [0.15, 0.2) is 6.29 Å². The Hall–Kier alpha value is -2.51. The molecule has 0 saturated carbocycles. The summed E-state index contributed by atoms with van der Waals surface area (Å²) in [6, 6.07) is 8.73. The molecule has 4 aliphatic rings. The Balaban J connectivity index is 1.21. The highest BCUT2D eigenvalue weighted by Gasteiger charge is 2.33. The van der Waals surface area contributed by atoms with Gasteiger partial charge in [-0.25, -0.2) is 0 Å². The Kier molecular flexibility index (Phi) is 5.87. The van der Waals surface area contributed by atoms with Crippen LogP contribution in [0.2, 0.25) is 0 Å². The lowest BCUT2D eigenvalue weighted by Crippen LogP contribution is -2.59. The summed E-state index contributed by atoms with van der Waals surface area (Å²) < 4.78 is 0. The van der Waals surface area contributed by atoms with Crippen molar-refractivity contribution >= 4 is 5.91 Å². The topological polar surface area (TPSA) is 94.5 Å². The predicted molar refractivity (Wildman–Crippen MR) is 121 cm³/mol. The number of piperidine rings is 1. The predicted octanol–water partition coefficient (Wildman–Crippen LogP) is 1.76. The van der Waals surface area contributed by atoms with Crippen molar-refractivity contribution in [1.29, 1.82) is 0 Å². The molecule has 1 fully saturated rings. The van der Waals surface area contributed by atoms with Gasteiger partial charge in [0.25, 0.3) is 0 Å². The third-order valence-electron chi connectivity index (χ3n) is 7.12. The van der Waals surface area contributed by atoms with E-state index in [1.807, 2.05) is 0 Å². The standard InChI is InChI=1S/C24H34N6O/c25-15-26-24-28-21-10-4-8-19(21)22(29-24)30-13-11-17(12-14-30)23(31)27-20-9-3-6-16-5-1-2-7-18(16)20/h1-2,5,7,10,17,20,24,26,28-29H,3-4,6,8-9,11-15,25H2,(H,27,31). The van der Waals surface area contributed by atoms with E-state index in [9.17, 15) is 4.79 Å². The summed E-state index contributed by atoms with van der Waals surface area (Å²) in [7, 11) is 0. The lowest BCUT2D eigenvalue weighted by molar-refractivity contribution is -0.127. The van der Waals surface area contributed by atoms with Gasteiger partial charge in [-0.3, -0.25) is 10.1 Å². The third kappa shape index (κ3) is 4.16. The highest BCUT2D eigenvalue weighted by atomic mass is 16.2. The number of nitrogens with zero attached hydrogens (tertiary/aromatic N) is 1. The molecule has 7 nitrogen and oxygen atoms in total. The van der Waals surface area contributed by atoms with Crippen molar-refractivity contribution in [3.8, 4) is 0 Å². The van der Waals surface area contributed by atoms with E-state index in [1.165, 1.54) is 28.2 Å². The van der Waals surface area contributed by atoms with Crippen LogP contribution < -0.4 is 27.0 Å². The number of allylic oxidation sites excluding steroid dienone is 2. The Morgan fingerprint density at radius 1 is 1.13 bits per heavy atom. The van der Waals surface area contributed by atoms with Gasteiger partial charge in [0, 0.05) is 36.9 Å². The SMILES string of the molecule is NCNC1NC2=CCCC2=C(N2CCC(C(=O)NC3CCCc4ccccc43)CC2)N1. The van der Waals surface area contributed by atoms with Crippen molar-refractivity contribution in [3.05, 3.63) is 58.6 Å². The largest absolute Gasteiger partial charge is 0.358 e. The molecular formula is C24H34N6O. The van der Waals surface area contributed by atoms with Gasteiger partial charge in [-0.05, 0) is 56.1 Å². The van der Waals surface area contributed by atoms with E-state index in [0.29, 0.717) is 6.67 Å². The van der Waals surface area contributed by atoms with Gasteiger partial charge in [-0.2, -0.15) is 0 Å². The van der Waals surface area contributed by atoms with Gasteiger partial charge in [0.05, 0.1) is 6.04 Å². The third-order valence-corrected chi connectivity index (χ3v) is 7.12. The Bertz CT molecular complexity index is 886. The van der Waals surface area contributed by atoms with Crippen LogP contribution in [0.5, 0.6) is 0 Å². The smallest absolute Gasteiger partial charge is 0.223 e. The van der Waals surface area contributed by atoms with Crippen LogP contribution in [0.3, 0.4) is 0 Å². The first-order chi connectivity index (χ1) is 15.2. The molecule has 2 atom stereocenters. The molecule has 2 aliphatic carbocycles. The molecule has 0 radical (unpaired) electrons. The van der Waals surface area contributed by atoms with Crippen molar-refractivity contribution in [3.63, 3.8) is 0 Å². The number of hydrogen-bond acceptors (Lipinski definition) is 6. The minimum atomic E-state index is -0.0551. The van der Waals surface area contributed by atoms with E-state index in [0.717, 1.165) is 58.0 Å². The zero-order valence-corrected chi connectivity index (χ0v) is 18.1. The number of fused-ring (bicyclic) bond motifs is 2. The van der Waals surface area contributed by atoms with Crippen LogP contribution in [0.4, 0.5) is 0 Å². The fourth-order valence-electron chi connectivity index (χ4n) is 5.49. The summed E-state index contributed by atoms with van der Waals surface area (Å²) in [4.78, 5) is 15.5. The summed E-state index contributed by atoms with van der Waals surface area (Å²) in [6.07, 6.45) is 9.42. The summed E-state index contributed by atoms with van der Waals surface area (Å²) >= 11 is 0. The highest BCUT2D eigenvalue weighted by Crippen LogP contribution is 2.33. The summed E-state index contributed by atoms with van der Waals surface area (Å²) in [6.45, 7) is 2.20. The van der Waals surface area contributed by atoms with E-state index in [2.05, 4.69) is 56.5 Å². The van der Waals surface area contributed by atoms with Crippen molar-refractivity contribution in [2.24, 2.45) is 11.7 Å². The second-order valence-electron chi connectivity index (χ2n) is 9.03. The van der Waals surface area contributed by atoms with Gasteiger partial charge < -0.3 is 26.6 Å². The number of likely N-dealkylation sites (tertiary alicyclic amines) is 1. The van der Waals surface area contributed by atoms with Crippen LogP contribution in [0, 0.1) is 5.92 Å². The first-order valence-corrected chi connectivity index (χ1v) is 11.8. The monoisotopic (exact) mass is 422 g/mol. The lowest BCUT2D eigenvalue weighted by Gasteiger charge is -2.41. The van der Waals surface area contributed by atoms with Crippen LogP contribution in [0.25, 0.3) is 0 Å². The minimum Gasteiger partial charge on any atom is -0.358 e. The van der Waals surface area contributed by atoms with Crippen LogP contribution in [0.1, 0.15) is 55.7 Å². The van der Waals surface area contributed by atoms with Crippen molar-refractivity contribution < 1.29 is 4.79 Å². The normalized spacial score (nSPS) is 25.8. The zero-order valence-electron chi connectivity index (χ0n) is 18.1. The van der Waals surface area contributed by atoms with Crippen molar-refractivity contribution in [1.82, 2.24) is 26.2 Å². The van der Waals surface area contributed by atoms with Gasteiger partial charge in [-0.1, -0.05) is 30.3 Å². The molecule has 0 spiro atoms. The van der Waals surface area contributed by atoms with E-state index >= 15 is 0 Å². The number of benzene rings is 1. The van der Waals surface area contributed by atoms with Crippen LogP contribution >= 0.6 is 0 Å². The molecule has 2 heterocycles. The molecule has 1 saturated heterocycles. The van der Waals surface area contributed by atoms with E-state index < -0.39 is 0 Å². The Morgan fingerprint density at radius 2 is 1.97 bits per heavy atom. The van der Waals surface area contributed by atoms with Crippen molar-refractivity contribution in [2.45, 2.75) is 57.3 Å². The molecule has 0 aromatic heterocycles. The van der Waals surface area contributed by atoms with E-state index in [1.54, 1.807) is 0 Å². The quantitative estimate of drug-likeness (QED) is 0.464. The molecule has 31 heavy (non-hydrogen) atoms. The molecule has 1 amide bonds. The maximum Gasteiger partial charge on any atom is 0.223 e. The summed E-state index contributed by atoms with van der Waals surface area (Å²) in [5, 5.41) is 13.7. The number of carbonyl (C=O) groups is 1. The number of hydrogen-bond donors (Lipinski definition) is 5. The molecular weight excluding hydrogens is 388 g/mol. The molecule has 1 aromatic rings. The van der Waals surface area contributed by atoms with Gasteiger partial charge in [0.2, 0.25) is 5.91 Å². The molecule has 2 aliphatic heterocycles. The second-order valence-corrected chi connectivity index (χ2v) is 9.03. The first kappa shape index (κ1) is 20.4. The van der Waals surface area contributed by atoms with Gasteiger partial charge in [-0.15, -0.1) is 0 Å². The lowest BCUT2D eigenvalue weighted by atomic mass is 9.87. The first-order valence-electron chi connectivity index (χ1n) is 11.8. The van der Waals surface area contributed by atoms with Crippen LogP contribution in [0.15, 0.2) is 47.4 Å². The molecule has 0 bridgehead atoms. The maximum absolute atomic E-state index is 13.1. The zero-order chi connectivity index (χ0) is 21.2. The highest BCUT2D eigenvalue weighted by molar-refractivity contribution is 5.79. The fraction of sp³-hybridized carbons (Fsp3) is 0.542. The molecule has 5 rings (SSSR count). The molecule has 1 aromatic carbocycles. The van der Waals surface area contributed by atoms with Gasteiger partial charge >= 0.3 is 0 Å². The maximum atomic E-state index is 13.1. The number of aryl methyl sites for hydroxylation is 1. The summed E-state index contributed by atoms with van der Waals surface area (Å²) in [5.74, 6) is 1.52. The van der Waals surface area contributed by atoms with E-state index in [4.69, 9.17) is 5.73 Å². The van der Waals surface area contributed by atoms with Gasteiger partial charge in [0.1, 0.15) is 5.82 Å². The average molecular weight is 423 g/mol. The van der Waals surface area contributed by atoms with E-state index in [-0.39, 0.29) is 24.2 Å². The Morgan fingerprint density at radius 3 is 2.81 bits per heavy atom. The summed E-state index contributed by atoms with van der Waals surface area (Å²) in [5.41, 5.74) is 11.0. The molecule has 6 N–H and O–H groups in total.